The Kier molecular flexibility index (Phi) is 2.52. The van der Waals surface area contributed by atoms with E-state index in [1.165, 1.54) is 0 Å². The first-order valence-electron chi connectivity index (χ1n) is 5.57. The van der Waals surface area contributed by atoms with Gasteiger partial charge in [0.15, 0.2) is 11.9 Å². The van der Waals surface area contributed by atoms with Crippen molar-refractivity contribution < 1.29 is 32.1 Å². The number of hydrogen-bond acceptors (Lipinski definition) is 4. The van der Waals surface area contributed by atoms with Crippen LogP contribution in [0.5, 0.6) is 5.75 Å². The maximum Gasteiger partial charge on any atom is 0.433 e. The Balaban J connectivity index is 2.27. The van der Waals surface area contributed by atoms with Crippen LogP contribution >= 0.6 is 0 Å². The average Bonchev–Trinajstić information content (AvgIpc) is 2.89. The number of fused-ring (bicyclic) bond motifs is 2. The number of hydrogen-bond donors (Lipinski definition) is 1. The zero-order chi connectivity index (χ0) is 13.8. The van der Waals surface area contributed by atoms with Gasteiger partial charge in [-0.1, -0.05) is 0 Å². The number of pyridine rings is 1. The van der Waals surface area contributed by atoms with Crippen LogP contribution in [-0.4, -0.2) is 29.5 Å². The van der Waals surface area contributed by atoms with Gasteiger partial charge in [-0.15, -0.1) is 0 Å². The fraction of sp³-hybridized carbons (Fsp3) is 0.545. The lowest BCUT2D eigenvalue weighted by Crippen LogP contribution is -2.36. The van der Waals surface area contributed by atoms with Crippen LogP contribution in [-0.2, 0) is 27.9 Å². The number of rotatable bonds is 0. The molecule has 19 heavy (non-hydrogen) atoms. The Labute approximate surface area is 105 Å². The lowest BCUT2D eigenvalue weighted by Gasteiger charge is -2.27. The van der Waals surface area contributed by atoms with Crippen LogP contribution in [0.1, 0.15) is 16.8 Å². The van der Waals surface area contributed by atoms with Gasteiger partial charge in [-0.05, 0) is 0 Å². The first-order chi connectivity index (χ1) is 8.86. The van der Waals surface area contributed by atoms with Crippen molar-refractivity contribution >= 4 is 0 Å². The summed E-state index contributed by atoms with van der Waals surface area (Å²) in [6, 6.07) is 0. The Bertz CT molecular complexity index is 525. The summed E-state index contributed by atoms with van der Waals surface area (Å²) in [6.45, 7) is -0.0143. The summed E-state index contributed by atoms with van der Waals surface area (Å²) in [5.41, 5.74) is -1.97. The van der Waals surface area contributed by atoms with Crippen LogP contribution in [0.15, 0.2) is 6.20 Å². The molecule has 0 aromatic carbocycles. The molecule has 1 unspecified atom stereocenters. The van der Waals surface area contributed by atoms with Crippen LogP contribution in [0.3, 0.4) is 0 Å². The summed E-state index contributed by atoms with van der Waals surface area (Å²) in [5.74, 6) is -2.58. The third kappa shape index (κ3) is 1.63. The summed E-state index contributed by atoms with van der Waals surface area (Å²) < 4.78 is 63.1. The first-order valence-corrected chi connectivity index (χ1v) is 5.57. The van der Waals surface area contributed by atoms with Gasteiger partial charge in [0, 0.05) is 12.0 Å². The second-order valence-corrected chi connectivity index (χ2v) is 4.38. The van der Waals surface area contributed by atoms with E-state index >= 15 is 0 Å². The van der Waals surface area contributed by atoms with Crippen molar-refractivity contribution in [1.29, 1.82) is 0 Å². The van der Waals surface area contributed by atoms with Crippen molar-refractivity contribution in [2.75, 3.05) is 13.2 Å². The predicted molar refractivity (Wildman–Crippen MR) is 53.1 cm³/mol. The van der Waals surface area contributed by atoms with Gasteiger partial charge in [0.2, 0.25) is 5.79 Å². The predicted octanol–water partition coefficient (Wildman–Crippen LogP) is 1.90. The van der Waals surface area contributed by atoms with Crippen LogP contribution in [0.4, 0.5) is 17.6 Å². The molecular weight excluding hydrogens is 270 g/mol. The lowest BCUT2D eigenvalue weighted by molar-refractivity contribution is -0.207. The fourth-order valence-electron chi connectivity index (χ4n) is 2.56. The third-order valence-electron chi connectivity index (χ3n) is 3.29. The number of halogens is 4. The fourth-order valence-corrected chi connectivity index (χ4v) is 2.56. The molecule has 1 aromatic heterocycles. The second kappa shape index (κ2) is 3.80. The van der Waals surface area contributed by atoms with Gasteiger partial charge in [0.1, 0.15) is 5.75 Å². The van der Waals surface area contributed by atoms with Crippen molar-refractivity contribution in [3.8, 4) is 5.75 Å². The van der Waals surface area contributed by atoms with E-state index in [4.69, 9.17) is 9.47 Å². The van der Waals surface area contributed by atoms with E-state index in [0.29, 0.717) is 6.20 Å². The lowest BCUT2D eigenvalue weighted by atomic mass is 10.0. The number of ether oxygens (including phenoxy) is 2. The molecule has 1 saturated heterocycles. The maximum absolute atomic E-state index is 14.1. The van der Waals surface area contributed by atoms with Gasteiger partial charge in [0.25, 0.3) is 0 Å². The summed E-state index contributed by atoms with van der Waals surface area (Å²) in [5, 5.41) is 9.58. The van der Waals surface area contributed by atoms with Gasteiger partial charge in [-0.2, -0.15) is 13.2 Å². The van der Waals surface area contributed by atoms with Crippen LogP contribution in [0.2, 0.25) is 0 Å². The van der Waals surface area contributed by atoms with Gasteiger partial charge in [0.05, 0.1) is 25.0 Å². The Morgan fingerprint density at radius 1 is 1.32 bits per heavy atom. The van der Waals surface area contributed by atoms with Gasteiger partial charge >= 0.3 is 6.18 Å². The summed E-state index contributed by atoms with van der Waals surface area (Å²) in [7, 11) is 0. The van der Waals surface area contributed by atoms with Crippen molar-refractivity contribution in [2.45, 2.75) is 24.6 Å². The minimum Gasteiger partial charge on any atom is -0.506 e. The summed E-state index contributed by atoms with van der Waals surface area (Å²) in [4.78, 5) is 3.17. The molecule has 1 atom stereocenters. The first kappa shape index (κ1) is 12.6. The molecule has 1 aliphatic heterocycles. The molecule has 1 aromatic rings. The molecule has 1 spiro atoms. The molecule has 104 valence electrons. The van der Waals surface area contributed by atoms with Crippen LogP contribution in [0.25, 0.3) is 0 Å². The molecule has 8 heteroatoms. The Morgan fingerprint density at radius 3 is 2.53 bits per heavy atom. The normalized spacial score (nSPS) is 24.9. The maximum atomic E-state index is 14.1. The number of aromatic hydroxyl groups is 1. The highest BCUT2D eigenvalue weighted by molar-refractivity contribution is 5.49. The highest BCUT2D eigenvalue weighted by Crippen LogP contribution is 2.51. The molecule has 1 aliphatic carbocycles. The molecule has 4 nitrogen and oxygen atoms in total. The van der Waals surface area contributed by atoms with Crippen molar-refractivity contribution in [3.63, 3.8) is 0 Å². The van der Waals surface area contributed by atoms with Crippen LogP contribution < -0.4 is 0 Å². The SMILES string of the molecule is Oc1cnc(C(F)(F)F)c2c1CC(F)C21OCCO1. The standard InChI is InChI=1S/C11H9F4NO3/c12-7-3-5-6(17)4-16-9(11(13,14)15)8(5)10(7)18-1-2-19-10/h4,7,17H,1-3H2. The Morgan fingerprint density at radius 2 is 1.95 bits per heavy atom. The molecule has 2 heterocycles. The van der Waals surface area contributed by atoms with Crippen molar-refractivity contribution in [3.05, 3.63) is 23.0 Å². The van der Waals surface area contributed by atoms with E-state index in [0.717, 1.165) is 0 Å². The number of alkyl halides is 4. The minimum absolute atomic E-state index is 0.00713. The van der Waals surface area contributed by atoms with Gasteiger partial charge < -0.3 is 14.6 Å². The van der Waals surface area contributed by atoms with Crippen LogP contribution in [0, 0.1) is 0 Å². The quantitative estimate of drug-likeness (QED) is 0.737. The molecule has 2 aliphatic rings. The zero-order valence-corrected chi connectivity index (χ0v) is 9.50. The van der Waals surface area contributed by atoms with Gasteiger partial charge in [-0.3, -0.25) is 0 Å². The molecule has 0 saturated carbocycles. The largest absolute Gasteiger partial charge is 0.506 e. The zero-order valence-electron chi connectivity index (χ0n) is 9.50. The summed E-state index contributed by atoms with van der Waals surface area (Å²) in [6.07, 6.45) is -6.31. The minimum atomic E-state index is -4.77. The topological polar surface area (TPSA) is 51.6 Å². The van der Waals surface area contributed by atoms with Crippen molar-refractivity contribution in [1.82, 2.24) is 4.98 Å². The molecule has 0 amide bonds. The number of aromatic nitrogens is 1. The van der Waals surface area contributed by atoms with E-state index in [-0.39, 0.29) is 18.8 Å². The average molecular weight is 279 g/mol. The molecular formula is C11H9F4NO3. The number of nitrogens with zero attached hydrogens (tertiary/aromatic N) is 1. The second-order valence-electron chi connectivity index (χ2n) is 4.38. The van der Waals surface area contributed by atoms with E-state index in [1.54, 1.807) is 0 Å². The molecule has 0 radical (unpaired) electrons. The molecule has 1 fully saturated rings. The molecule has 3 rings (SSSR count). The smallest absolute Gasteiger partial charge is 0.433 e. The molecule has 0 bridgehead atoms. The molecule has 1 N–H and O–H groups in total. The highest BCUT2D eigenvalue weighted by atomic mass is 19.4. The third-order valence-corrected chi connectivity index (χ3v) is 3.29. The van der Waals surface area contributed by atoms with Gasteiger partial charge in [-0.25, -0.2) is 9.37 Å². The summed E-state index contributed by atoms with van der Waals surface area (Å²) >= 11 is 0. The highest BCUT2D eigenvalue weighted by Gasteiger charge is 2.58. The van der Waals surface area contributed by atoms with E-state index in [9.17, 15) is 22.7 Å². The Hall–Kier alpha value is -1.41. The van der Waals surface area contributed by atoms with E-state index < -0.39 is 41.6 Å². The van der Waals surface area contributed by atoms with E-state index in [1.807, 2.05) is 0 Å². The van der Waals surface area contributed by atoms with E-state index in [2.05, 4.69) is 4.98 Å². The monoisotopic (exact) mass is 279 g/mol. The van der Waals surface area contributed by atoms with Crippen molar-refractivity contribution in [2.24, 2.45) is 0 Å².